The summed E-state index contributed by atoms with van der Waals surface area (Å²) in [5.41, 5.74) is 7.73. The van der Waals surface area contributed by atoms with E-state index in [1.807, 2.05) is 38.1 Å². The number of rotatable bonds is 4. The first-order valence-corrected chi connectivity index (χ1v) is 6.44. The molecule has 6 heteroatoms. The fourth-order valence-electron chi connectivity index (χ4n) is 1.92. The second-order valence-corrected chi connectivity index (χ2v) is 4.89. The summed E-state index contributed by atoms with van der Waals surface area (Å²) in [6, 6.07) is 8.17. The molecule has 0 spiro atoms. The van der Waals surface area contributed by atoms with Crippen molar-refractivity contribution in [3.8, 4) is 0 Å². The summed E-state index contributed by atoms with van der Waals surface area (Å²) in [6.07, 6.45) is 1.46. The van der Waals surface area contributed by atoms with Crippen LogP contribution in [0.3, 0.4) is 0 Å². The van der Waals surface area contributed by atoms with Crippen molar-refractivity contribution >= 4 is 11.9 Å². The van der Waals surface area contributed by atoms with Gasteiger partial charge in [-0.15, -0.1) is 5.10 Å². The smallest absolute Gasteiger partial charge is 0.244 e. The Morgan fingerprint density at radius 2 is 2.05 bits per heavy atom. The number of nitrogens with two attached hydrogens (primary N) is 1. The highest BCUT2D eigenvalue weighted by Gasteiger charge is 2.18. The molecule has 1 aromatic heterocycles. The number of aryl methyl sites for hydroxylation is 1. The van der Waals surface area contributed by atoms with Crippen LogP contribution in [0.4, 0.5) is 5.95 Å². The monoisotopic (exact) mass is 273 g/mol. The molecule has 2 rings (SSSR count). The number of carbonyl (C=O) groups excluding carboxylic acids is 1. The standard InChI is InChI=1S/C14H19N5O/c1-10-4-6-12(7-5-10)11(2)18(3)13(20)8-19-9-16-14(15)17-19/h4-7,9,11H,8H2,1-3H3,(H2,15,17). The SMILES string of the molecule is Cc1ccc(C(C)N(C)C(=O)Cn2cnc(N)n2)cc1. The van der Waals surface area contributed by atoms with Crippen molar-refractivity contribution in [1.29, 1.82) is 0 Å². The lowest BCUT2D eigenvalue weighted by Gasteiger charge is -2.25. The molecule has 1 atom stereocenters. The largest absolute Gasteiger partial charge is 0.367 e. The Balaban J connectivity index is 2.04. The number of nitrogen functional groups attached to an aromatic ring is 1. The summed E-state index contributed by atoms with van der Waals surface area (Å²) in [6.45, 7) is 4.17. The Kier molecular flexibility index (Phi) is 4.02. The van der Waals surface area contributed by atoms with E-state index < -0.39 is 0 Å². The molecule has 0 aliphatic carbocycles. The number of benzene rings is 1. The summed E-state index contributed by atoms with van der Waals surface area (Å²) in [5.74, 6) is 0.134. The first kappa shape index (κ1) is 14.0. The third-order valence-corrected chi connectivity index (χ3v) is 3.39. The molecule has 1 unspecified atom stereocenters. The molecule has 1 aromatic carbocycles. The fraction of sp³-hybridized carbons (Fsp3) is 0.357. The number of hydrogen-bond acceptors (Lipinski definition) is 4. The van der Waals surface area contributed by atoms with Crippen molar-refractivity contribution in [2.24, 2.45) is 0 Å². The van der Waals surface area contributed by atoms with E-state index in [2.05, 4.69) is 10.1 Å². The lowest BCUT2D eigenvalue weighted by atomic mass is 10.1. The molecule has 0 radical (unpaired) electrons. The number of anilines is 1. The van der Waals surface area contributed by atoms with Gasteiger partial charge in [-0.3, -0.25) is 4.79 Å². The van der Waals surface area contributed by atoms with Crippen LogP contribution in [-0.2, 0) is 11.3 Å². The summed E-state index contributed by atoms with van der Waals surface area (Å²) in [4.78, 5) is 17.7. The second kappa shape index (κ2) is 5.73. The third-order valence-electron chi connectivity index (χ3n) is 3.39. The van der Waals surface area contributed by atoms with E-state index in [1.165, 1.54) is 16.6 Å². The van der Waals surface area contributed by atoms with Gasteiger partial charge in [0.15, 0.2) is 0 Å². The fourth-order valence-corrected chi connectivity index (χ4v) is 1.92. The molecule has 2 aromatic rings. The summed E-state index contributed by atoms with van der Waals surface area (Å²) in [7, 11) is 1.78. The van der Waals surface area contributed by atoms with Gasteiger partial charge in [-0.05, 0) is 19.4 Å². The van der Waals surface area contributed by atoms with Crippen LogP contribution in [0.1, 0.15) is 24.1 Å². The van der Waals surface area contributed by atoms with Crippen LogP contribution in [0.2, 0.25) is 0 Å². The molecule has 0 saturated carbocycles. The van der Waals surface area contributed by atoms with Gasteiger partial charge in [0.05, 0.1) is 6.04 Å². The van der Waals surface area contributed by atoms with E-state index in [4.69, 9.17) is 5.73 Å². The molecule has 1 heterocycles. The van der Waals surface area contributed by atoms with E-state index >= 15 is 0 Å². The quantitative estimate of drug-likeness (QED) is 0.913. The lowest BCUT2D eigenvalue weighted by molar-refractivity contribution is -0.132. The van der Waals surface area contributed by atoms with Gasteiger partial charge in [-0.25, -0.2) is 9.67 Å². The van der Waals surface area contributed by atoms with Gasteiger partial charge >= 0.3 is 0 Å². The third kappa shape index (κ3) is 3.14. The van der Waals surface area contributed by atoms with Crippen molar-refractivity contribution in [2.75, 3.05) is 12.8 Å². The highest BCUT2D eigenvalue weighted by atomic mass is 16.2. The highest BCUT2D eigenvalue weighted by molar-refractivity contribution is 5.76. The zero-order valence-electron chi connectivity index (χ0n) is 11.9. The summed E-state index contributed by atoms with van der Waals surface area (Å²) >= 11 is 0. The van der Waals surface area contributed by atoms with Crippen molar-refractivity contribution in [3.05, 3.63) is 41.7 Å². The first-order chi connectivity index (χ1) is 9.47. The molecule has 0 aliphatic rings. The maximum absolute atomic E-state index is 12.2. The zero-order chi connectivity index (χ0) is 14.7. The number of carbonyl (C=O) groups is 1. The lowest BCUT2D eigenvalue weighted by Crippen LogP contribution is -2.32. The molecule has 106 valence electrons. The van der Waals surface area contributed by atoms with Crippen molar-refractivity contribution < 1.29 is 4.79 Å². The first-order valence-electron chi connectivity index (χ1n) is 6.44. The average molecular weight is 273 g/mol. The number of likely N-dealkylation sites (N-methyl/N-ethyl adjacent to an activating group) is 1. The average Bonchev–Trinajstić information content (AvgIpc) is 2.83. The van der Waals surface area contributed by atoms with E-state index in [9.17, 15) is 4.79 Å². The van der Waals surface area contributed by atoms with Crippen molar-refractivity contribution in [1.82, 2.24) is 19.7 Å². The van der Waals surface area contributed by atoms with Gasteiger partial charge in [0, 0.05) is 7.05 Å². The number of aromatic nitrogens is 3. The van der Waals surface area contributed by atoms with Crippen LogP contribution in [0.15, 0.2) is 30.6 Å². The van der Waals surface area contributed by atoms with Crippen LogP contribution >= 0.6 is 0 Å². The maximum atomic E-state index is 12.2. The molecule has 20 heavy (non-hydrogen) atoms. The molecule has 0 aliphatic heterocycles. The van der Waals surface area contributed by atoms with Crippen LogP contribution in [0.5, 0.6) is 0 Å². The van der Waals surface area contributed by atoms with Crippen LogP contribution in [0, 0.1) is 6.92 Å². The molecular weight excluding hydrogens is 254 g/mol. The van der Waals surface area contributed by atoms with Crippen molar-refractivity contribution in [2.45, 2.75) is 26.4 Å². The van der Waals surface area contributed by atoms with Crippen LogP contribution in [0.25, 0.3) is 0 Å². The Hall–Kier alpha value is -2.37. The second-order valence-electron chi connectivity index (χ2n) is 4.89. The van der Waals surface area contributed by atoms with E-state index in [1.54, 1.807) is 11.9 Å². The van der Waals surface area contributed by atoms with E-state index in [-0.39, 0.29) is 24.4 Å². The molecule has 2 N–H and O–H groups in total. The summed E-state index contributed by atoms with van der Waals surface area (Å²) in [5, 5.41) is 3.91. The van der Waals surface area contributed by atoms with Crippen LogP contribution < -0.4 is 5.73 Å². The maximum Gasteiger partial charge on any atom is 0.244 e. The molecule has 0 bridgehead atoms. The predicted molar refractivity (Wildman–Crippen MR) is 76.8 cm³/mol. The minimum atomic E-state index is -0.0389. The molecule has 0 fully saturated rings. The molecular formula is C14H19N5O. The minimum Gasteiger partial charge on any atom is -0.367 e. The summed E-state index contributed by atoms with van der Waals surface area (Å²) < 4.78 is 1.44. The van der Waals surface area contributed by atoms with Gasteiger partial charge in [0.1, 0.15) is 12.9 Å². The van der Waals surface area contributed by atoms with Gasteiger partial charge < -0.3 is 10.6 Å². The van der Waals surface area contributed by atoms with E-state index in [0.29, 0.717) is 0 Å². The predicted octanol–water partition coefficient (Wildman–Crippen LogP) is 1.39. The van der Waals surface area contributed by atoms with E-state index in [0.717, 1.165) is 5.56 Å². The topological polar surface area (TPSA) is 77.0 Å². The van der Waals surface area contributed by atoms with Gasteiger partial charge in [0.2, 0.25) is 11.9 Å². The minimum absolute atomic E-state index is 0.00367. The normalized spacial score (nSPS) is 12.2. The molecule has 0 saturated heterocycles. The number of nitrogens with zero attached hydrogens (tertiary/aromatic N) is 4. The Morgan fingerprint density at radius 3 is 2.60 bits per heavy atom. The van der Waals surface area contributed by atoms with Crippen LogP contribution in [-0.4, -0.2) is 32.6 Å². The van der Waals surface area contributed by atoms with Gasteiger partial charge in [-0.2, -0.15) is 0 Å². The zero-order valence-corrected chi connectivity index (χ0v) is 11.9. The van der Waals surface area contributed by atoms with Gasteiger partial charge in [0.25, 0.3) is 0 Å². The number of amides is 1. The van der Waals surface area contributed by atoms with Gasteiger partial charge in [-0.1, -0.05) is 29.8 Å². The Labute approximate surface area is 118 Å². The highest BCUT2D eigenvalue weighted by Crippen LogP contribution is 2.19. The molecule has 1 amide bonds. The Bertz CT molecular complexity index is 590. The van der Waals surface area contributed by atoms with Crippen molar-refractivity contribution in [3.63, 3.8) is 0 Å². The molecule has 6 nitrogen and oxygen atoms in total. The number of hydrogen-bond donors (Lipinski definition) is 1. The Morgan fingerprint density at radius 1 is 1.40 bits per heavy atom.